The van der Waals surface area contributed by atoms with Gasteiger partial charge < -0.3 is 5.32 Å². The summed E-state index contributed by atoms with van der Waals surface area (Å²) in [7, 11) is 0. The second-order valence-corrected chi connectivity index (χ2v) is 7.89. The van der Waals surface area contributed by atoms with Gasteiger partial charge in [-0.2, -0.15) is 0 Å². The first-order valence-corrected chi connectivity index (χ1v) is 8.74. The predicted octanol–water partition coefficient (Wildman–Crippen LogP) is 6.38. The average Bonchev–Trinajstić information content (AvgIpc) is 2.42. The first kappa shape index (κ1) is 16.6. The van der Waals surface area contributed by atoms with E-state index in [4.69, 9.17) is 0 Å². The zero-order valence-electron chi connectivity index (χ0n) is 12.7. The number of anilines is 1. The van der Waals surface area contributed by atoms with Gasteiger partial charge in [-0.15, -0.1) is 0 Å². The molecule has 1 nitrogen and oxygen atoms in total. The summed E-state index contributed by atoms with van der Waals surface area (Å²) in [5.41, 5.74) is 2.67. The molecule has 0 amide bonds. The molecule has 0 aliphatic heterocycles. The largest absolute Gasteiger partial charge is 0.382 e. The van der Waals surface area contributed by atoms with Crippen molar-refractivity contribution >= 4 is 37.5 Å². The van der Waals surface area contributed by atoms with E-state index >= 15 is 0 Å². The van der Waals surface area contributed by atoms with E-state index in [1.54, 1.807) is 0 Å². The Hall–Kier alpha value is -0.800. The molecule has 3 heteroatoms. The lowest BCUT2D eigenvalue weighted by atomic mass is 9.79. The Balaban J connectivity index is 2.06. The van der Waals surface area contributed by atoms with Gasteiger partial charge in [0.15, 0.2) is 0 Å². The summed E-state index contributed by atoms with van der Waals surface area (Å²) in [5.74, 6) is 0. The Labute approximate surface area is 144 Å². The standard InChI is InChI=1S/C18H21Br2N/c1-13(21-17-10-9-15(19)11-16(17)20)12-18(2,3)14-7-5-4-6-8-14/h4-11,13,21H,12H2,1-3H3. The van der Waals surface area contributed by atoms with E-state index < -0.39 is 0 Å². The summed E-state index contributed by atoms with van der Waals surface area (Å²) in [6, 6.07) is 17.3. The van der Waals surface area contributed by atoms with Gasteiger partial charge in [0.25, 0.3) is 0 Å². The molecule has 21 heavy (non-hydrogen) atoms. The minimum absolute atomic E-state index is 0.148. The van der Waals surface area contributed by atoms with Crippen molar-refractivity contribution in [1.29, 1.82) is 0 Å². The number of halogens is 2. The van der Waals surface area contributed by atoms with E-state index in [9.17, 15) is 0 Å². The number of rotatable bonds is 5. The third-order valence-corrected chi connectivity index (χ3v) is 4.85. The van der Waals surface area contributed by atoms with E-state index in [0.717, 1.165) is 21.1 Å². The van der Waals surface area contributed by atoms with Crippen LogP contribution in [0.1, 0.15) is 32.8 Å². The quantitative estimate of drug-likeness (QED) is 0.602. The molecule has 112 valence electrons. The first-order valence-electron chi connectivity index (χ1n) is 7.15. The smallest absolute Gasteiger partial charge is 0.0487 e. The maximum Gasteiger partial charge on any atom is 0.0487 e. The topological polar surface area (TPSA) is 12.0 Å². The monoisotopic (exact) mass is 409 g/mol. The van der Waals surface area contributed by atoms with Crippen LogP contribution in [0.5, 0.6) is 0 Å². The van der Waals surface area contributed by atoms with Crippen molar-refractivity contribution in [2.75, 3.05) is 5.32 Å². The van der Waals surface area contributed by atoms with Gasteiger partial charge in [0.2, 0.25) is 0 Å². The van der Waals surface area contributed by atoms with Gasteiger partial charge in [0.1, 0.15) is 0 Å². The Morgan fingerprint density at radius 1 is 1.05 bits per heavy atom. The molecule has 0 radical (unpaired) electrons. The van der Waals surface area contributed by atoms with Crippen LogP contribution in [0.4, 0.5) is 5.69 Å². The Morgan fingerprint density at radius 2 is 1.71 bits per heavy atom. The molecule has 0 aliphatic carbocycles. The fourth-order valence-electron chi connectivity index (χ4n) is 2.70. The zero-order chi connectivity index (χ0) is 15.5. The molecule has 1 atom stereocenters. The third-order valence-electron chi connectivity index (χ3n) is 3.70. The van der Waals surface area contributed by atoms with Crippen LogP contribution in [0, 0.1) is 0 Å². The van der Waals surface area contributed by atoms with E-state index in [1.165, 1.54) is 5.56 Å². The summed E-state index contributed by atoms with van der Waals surface area (Å²) in [6.07, 6.45) is 1.07. The average molecular weight is 411 g/mol. The van der Waals surface area contributed by atoms with E-state index in [0.29, 0.717) is 6.04 Å². The van der Waals surface area contributed by atoms with Crippen LogP contribution in [0.15, 0.2) is 57.5 Å². The number of nitrogens with one attached hydrogen (secondary N) is 1. The first-order chi connectivity index (χ1) is 9.88. The van der Waals surface area contributed by atoms with E-state index in [-0.39, 0.29) is 5.41 Å². The van der Waals surface area contributed by atoms with Crippen LogP contribution in [-0.2, 0) is 5.41 Å². The Morgan fingerprint density at radius 3 is 2.33 bits per heavy atom. The second-order valence-electron chi connectivity index (χ2n) is 6.12. The summed E-state index contributed by atoms with van der Waals surface area (Å²) in [5, 5.41) is 3.60. The number of hydrogen-bond acceptors (Lipinski definition) is 1. The van der Waals surface area contributed by atoms with Crippen molar-refractivity contribution in [1.82, 2.24) is 0 Å². The van der Waals surface area contributed by atoms with E-state index in [2.05, 4.69) is 106 Å². The van der Waals surface area contributed by atoms with Crippen LogP contribution < -0.4 is 5.32 Å². The number of benzene rings is 2. The molecule has 0 saturated heterocycles. The minimum Gasteiger partial charge on any atom is -0.382 e. The SMILES string of the molecule is CC(CC(C)(C)c1ccccc1)Nc1ccc(Br)cc1Br. The van der Waals surface area contributed by atoms with Crippen molar-refractivity contribution in [3.8, 4) is 0 Å². The highest BCUT2D eigenvalue weighted by Gasteiger charge is 2.23. The van der Waals surface area contributed by atoms with Gasteiger partial charge in [0, 0.05) is 20.7 Å². The molecule has 0 heterocycles. The highest BCUT2D eigenvalue weighted by molar-refractivity contribution is 9.11. The summed E-state index contributed by atoms with van der Waals surface area (Å²) in [4.78, 5) is 0. The molecule has 0 saturated carbocycles. The maximum absolute atomic E-state index is 3.61. The molecule has 0 aliphatic rings. The van der Waals surface area contributed by atoms with Gasteiger partial charge in [-0.05, 0) is 58.5 Å². The third kappa shape index (κ3) is 4.58. The normalized spacial score (nSPS) is 13.0. The van der Waals surface area contributed by atoms with Crippen molar-refractivity contribution in [3.05, 3.63) is 63.0 Å². The molecular weight excluding hydrogens is 390 g/mol. The molecule has 1 N–H and O–H groups in total. The Kier molecular flexibility index (Phi) is 5.50. The van der Waals surface area contributed by atoms with Gasteiger partial charge in [-0.3, -0.25) is 0 Å². The fourth-order valence-corrected chi connectivity index (χ4v) is 3.86. The highest BCUT2D eigenvalue weighted by Crippen LogP contribution is 2.31. The predicted molar refractivity (Wildman–Crippen MR) is 99.0 cm³/mol. The molecule has 0 spiro atoms. The van der Waals surface area contributed by atoms with Crippen LogP contribution in [0.3, 0.4) is 0 Å². The lowest BCUT2D eigenvalue weighted by Gasteiger charge is -2.30. The van der Waals surface area contributed by atoms with Crippen molar-refractivity contribution < 1.29 is 0 Å². The van der Waals surface area contributed by atoms with Gasteiger partial charge >= 0.3 is 0 Å². The van der Waals surface area contributed by atoms with Crippen molar-refractivity contribution in [2.45, 2.75) is 38.6 Å². The van der Waals surface area contributed by atoms with Gasteiger partial charge in [0.05, 0.1) is 0 Å². The van der Waals surface area contributed by atoms with Crippen molar-refractivity contribution in [2.24, 2.45) is 0 Å². The van der Waals surface area contributed by atoms with Crippen LogP contribution in [0.25, 0.3) is 0 Å². The molecule has 1 unspecified atom stereocenters. The maximum atomic E-state index is 3.61. The number of hydrogen-bond donors (Lipinski definition) is 1. The molecule has 0 aromatic heterocycles. The summed E-state index contributed by atoms with van der Waals surface area (Å²) in [6.45, 7) is 6.84. The summed E-state index contributed by atoms with van der Waals surface area (Å²) >= 11 is 7.09. The molecular formula is C18H21Br2N. The Bertz CT molecular complexity index is 593. The second kappa shape index (κ2) is 6.97. The molecule has 2 rings (SSSR count). The minimum atomic E-state index is 0.148. The molecule has 0 fully saturated rings. The zero-order valence-corrected chi connectivity index (χ0v) is 15.8. The highest BCUT2D eigenvalue weighted by atomic mass is 79.9. The van der Waals surface area contributed by atoms with Crippen molar-refractivity contribution in [3.63, 3.8) is 0 Å². The van der Waals surface area contributed by atoms with E-state index in [1.807, 2.05) is 0 Å². The van der Waals surface area contributed by atoms with Gasteiger partial charge in [-0.25, -0.2) is 0 Å². The lowest BCUT2D eigenvalue weighted by Crippen LogP contribution is -2.27. The fraction of sp³-hybridized carbons (Fsp3) is 0.333. The van der Waals surface area contributed by atoms with Crippen LogP contribution in [0.2, 0.25) is 0 Å². The lowest BCUT2D eigenvalue weighted by molar-refractivity contribution is 0.450. The van der Waals surface area contributed by atoms with Gasteiger partial charge in [-0.1, -0.05) is 60.1 Å². The molecule has 0 bridgehead atoms. The van der Waals surface area contributed by atoms with Crippen LogP contribution >= 0.6 is 31.9 Å². The summed E-state index contributed by atoms with van der Waals surface area (Å²) < 4.78 is 2.17. The molecule has 2 aromatic carbocycles. The molecule has 2 aromatic rings. The van der Waals surface area contributed by atoms with Crippen LogP contribution in [-0.4, -0.2) is 6.04 Å².